The van der Waals surface area contributed by atoms with Gasteiger partial charge in [0.15, 0.2) is 0 Å². The summed E-state index contributed by atoms with van der Waals surface area (Å²) >= 11 is 8.10. The third-order valence-corrected chi connectivity index (χ3v) is 10.8. The van der Waals surface area contributed by atoms with Crippen molar-refractivity contribution in [3.63, 3.8) is 0 Å². The summed E-state index contributed by atoms with van der Waals surface area (Å²) in [5.41, 5.74) is 1.85. The summed E-state index contributed by atoms with van der Waals surface area (Å²) in [6, 6.07) is 8.41. The Morgan fingerprint density at radius 3 is 1.89 bits per heavy atom. The Labute approximate surface area is 378 Å². The van der Waals surface area contributed by atoms with Crippen molar-refractivity contribution in [1.29, 1.82) is 0 Å². The van der Waals surface area contributed by atoms with Gasteiger partial charge in [-0.1, -0.05) is 48.5 Å². The highest BCUT2D eigenvalue weighted by Crippen LogP contribution is 2.20. The minimum Gasteiger partial charge on any atom is -0.481 e. The second-order valence-electron chi connectivity index (χ2n) is 15.1. The average molecular weight is 925 g/mol. The number of hydrogen-bond acceptors (Lipinski definition) is 12. The normalized spacial score (nSPS) is 15.2. The van der Waals surface area contributed by atoms with Crippen LogP contribution in [0.4, 0.5) is 0 Å². The molecule has 4 rings (SSSR count). The Morgan fingerprint density at radius 1 is 0.703 bits per heavy atom. The maximum Gasteiger partial charge on any atom is 0.327 e. The fraction of sp³-hybridized carbons (Fsp3) is 0.429. The van der Waals surface area contributed by atoms with E-state index in [0.29, 0.717) is 34.9 Å². The fourth-order valence-corrected chi connectivity index (χ4v) is 7.08. The first-order valence-electron chi connectivity index (χ1n) is 20.4. The molecule has 1 aliphatic heterocycles. The molecule has 1 saturated heterocycles. The number of amides is 8. The number of para-hydroxylation sites is 1. The van der Waals surface area contributed by atoms with E-state index in [-0.39, 0.29) is 56.2 Å². The van der Waals surface area contributed by atoms with Crippen LogP contribution in [0.15, 0.2) is 60.8 Å². The lowest BCUT2D eigenvalue weighted by atomic mass is 10.0. The van der Waals surface area contributed by atoms with Crippen LogP contribution in [0, 0.1) is 0 Å². The van der Waals surface area contributed by atoms with E-state index in [0.717, 1.165) is 4.90 Å². The molecule has 1 unspecified atom stereocenters. The number of unbranched alkanes of at least 4 members (excludes halogenated alkanes) is 1. The molecular formula is C42H52N8O12S2. The molecule has 0 bridgehead atoms. The summed E-state index contributed by atoms with van der Waals surface area (Å²) in [4.78, 5) is 132. The SMILES string of the molecule is CC(S)C(=O)N[C@@H](CCCCN1C(=O)CCC1=O)C(=O)NCC(=O)N[C@@H](CC(=O)O)C(=O)N[C@@H](Cc1c[nH]c2ccccc12)C(=O)N[C@@H](Cc1ccccc1)C(=O)N[C@@H](CS)C(=O)O. The molecule has 0 aliphatic carbocycles. The monoisotopic (exact) mass is 924 g/mol. The van der Waals surface area contributed by atoms with Crippen LogP contribution in [0.25, 0.3) is 10.9 Å². The highest BCUT2D eigenvalue weighted by Gasteiger charge is 2.33. The fourth-order valence-electron chi connectivity index (χ4n) is 6.76. The standard InChI is InChI=1S/C42H52N8O12S2/c1-23(64)37(56)46-28(13-7-8-16-50-34(52)14-15-35(50)53)38(57)44-21-33(51)45-31(19-36(54)55)41(60)48-30(18-25-20-43-27-12-6-5-11-26(25)27)40(59)47-29(17-24-9-3-2-4-10-24)39(58)49-32(22-63)42(61)62/h2-6,9-12,20,23,28-32,43,63-64H,7-8,13-19,21-22H2,1H3,(H,44,57)(H,45,51)(H,46,56)(H,47,59)(H,48,60)(H,49,58)(H,54,55)(H,61,62)/t23?,28-,29-,30-,31-,32-/m0/s1. The highest BCUT2D eigenvalue weighted by molar-refractivity contribution is 7.81. The smallest absolute Gasteiger partial charge is 0.327 e. The number of aliphatic carboxylic acids is 2. The average Bonchev–Trinajstić information content (AvgIpc) is 3.82. The number of nitrogens with zero attached hydrogens (tertiary/aromatic N) is 1. The van der Waals surface area contributed by atoms with E-state index in [1.54, 1.807) is 60.8 Å². The number of imide groups is 1. The van der Waals surface area contributed by atoms with Crippen LogP contribution in [0.5, 0.6) is 0 Å². The molecule has 9 N–H and O–H groups in total. The van der Waals surface area contributed by atoms with Gasteiger partial charge in [0.25, 0.3) is 0 Å². The molecule has 0 radical (unpaired) electrons. The summed E-state index contributed by atoms with van der Waals surface area (Å²) in [5, 5.41) is 33.8. The van der Waals surface area contributed by atoms with E-state index in [1.165, 1.54) is 6.92 Å². The number of carboxylic acid groups (broad SMARTS) is 2. The van der Waals surface area contributed by atoms with Crippen molar-refractivity contribution < 1.29 is 58.2 Å². The van der Waals surface area contributed by atoms with Crippen molar-refractivity contribution in [2.24, 2.45) is 0 Å². The van der Waals surface area contributed by atoms with Crippen LogP contribution >= 0.6 is 25.3 Å². The third-order valence-electron chi connectivity index (χ3n) is 10.2. The van der Waals surface area contributed by atoms with Gasteiger partial charge in [-0.15, -0.1) is 0 Å². The molecule has 20 nitrogen and oxygen atoms in total. The van der Waals surface area contributed by atoms with Crippen LogP contribution < -0.4 is 31.9 Å². The van der Waals surface area contributed by atoms with Crippen LogP contribution in [0.2, 0.25) is 0 Å². The molecular weight excluding hydrogens is 873 g/mol. The lowest BCUT2D eigenvalue weighted by Crippen LogP contribution is -2.59. The van der Waals surface area contributed by atoms with Gasteiger partial charge in [-0.2, -0.15) is 25.3 Å². The number of benzene rings is 2. The number of carbonyl (C=O) groups is 10. The molecule has 0 spiro atoms. The minimum absolute atomic E-state index is 0.0586. The molecule has 344 valence electrons. The van der Waals surface area contributed by atoms with Crippen molar-refractivity contribution in [3.8, 4) is 0 Å². The largest absolute Gasteiger partial charge is 0.481 e. The van der Waals surface area contributed by atoms with Crippen molar-refractivity contribution in [2.45, 2.75) is 93.7 Å². The number of carboxylic acids is 2. The Bertz CT molecular complexity index is 2190. The van der Waals surface area contributed by atoms with E-state index in [1.807, 2.05) is 0 Å². The second-order valence-corrected chi connectivity index (χ2v) is 16.2. The zero-order valence-electron chi connectivity index (χ0n) is 34.8. The third kappa shape index (κ3) is 15.1. The number of thiol groups is 2. The summed E-state index contributed by atoms with van der Waals surface area (Å²) < 4.78 is 0. The molecule has 1 fully saturated rings. The number of hydrogen-bond donors (Lipinski definition) is 11. The Kier molecular flexibility index (Phi) is 19.2. The quantitative estimate of drug-likeness (QED) is 0.0295. The molecule has 64 heavy (non-hydrogen) atoms. The molecule has 8 amide bonds. The van der Waals surface area contributed by atoms with E-state index in [2.05, 4.69) is 62.1 Å². The van der Waals surface area contributed by atoms with Crippen molar-refractivity contribution in [2.75, 3.05) is 18.8 Å². The Morgan fingerprint density at radius 2 is 1.28 bits per heavy atom. The number of rotatable bonds is 25. The number of likely N-dealkylation sites (tertiary alicyclic amines) is 1. The minimum atomic E-state index is -1.79. The van der Waals surface area contributed by atoms with Gasteiger partial charge in [0.1, 0.15) is 30.2 Å². The lowest BCUT2D eigenvalue weighted by Gasteiger charge is -2.26. The summed E-state index contributed by atoms with van der Waals surface area (Å²) in [6.45, 7) is 0.853. The molecule has 1 aromatic heterocycles. The van der Waals surface area contributed by atoms with E-state index in [4.69, 9.17) is 0 Å². The van der Waals surface area contributed by atoms with Crippen LogP contribution in [0.3, 0.4) is 0 Å². The van der Waals surface area contributed by atoms with Gasteiger partial charge in [-0.3, -0.25) is 48.1 Å². The summed E-state index contributed by atoms with van der Waals surface area (Å²) in [7, 11) is 0. The van der Waals surface area contributed by atoms with Crippen LogP contribution in [0.1, 0.15) is 56.6 Å². The van der Waals surface area contributed by atoms with Crippen LogP contribution in [-0.4, -0.2) is 134 Å². The van der Waals surface area contributed by atoms with Crippen molar-refractivity contribution in [3.05, 3.63) is 71.9 Å². The van der Waals surface area contributed by atoms with Gasteiger partial charge >= 0.3 is 11.9 Å². The first-order valence-corrected chi connectivity index (χ1v) is 21.6. The van der Waals surface area contributed by atoms with Crippen molar-refractivity contribution >= 4 is 95.4 Å². The van der Waals surface area contributed by atoms with E-state index < -0.39 is 95.8 Å². The number of carbonyl (C=O) groups excluding carboxylic acids is 8. The zero-order chi connectivity index (χ0) is 46.9. The molecule has 22 heteroatoms. The predicted molar refractivity (Wildman–Crippen MR) is 237 cm³/mol. The summed E-state index contributed by atoms with van der Waals surface area (Å²) in [6.07, 6.45) is 1.32. The molecule has 2 aromatic carbocycles. The van der Waals surface area contributed by atoms with Gasteiger partial charge in [0.2, 0.25) is 47.3 Å². The number of H-pyrrole nitrogens is 1. The predicted octanol–water partition coefficient (Wildman–Crippen LogP) is -0.380. The van der Waals surface area contributed by atoms with Crippen molar-refractivity contribution in [1.82, 2.24) is 41.8 Å². The maximum absolute atomic E-state index is 14.2. The number of aromatic amines is 1. The molecule has 6 atom stereocenters. The summed E-state index contributed by atoms with van der Waals surface area (Å²) in [5.74, 6) is -8.94. The van der Waals surface area contributed by atoms with Gasteiger partial charge in [0, 0.05) is 55.1 Å². The van der Waals surface area contributed by atoms with Crippen LogP contribution in [-0.2, 0) is 60.8 Å². The number of nitrogens with one attached hydrogen (secondary N) is 7. The van der Waals surface area contributed by atoms with Gasteiger partial charge in [0.05, 0.1) is 18.2 Å². The second kappa shape index (κ2) is 24.4. The van der Waals surface area contributed by atoms with Gasteiger partial charge < -0.3 is 47.1 Å². The first kappa shape index (κ1) is 50.2. The number of aromatic nitrogens is 1. The van der Waals surface area contributed by atoms with E-state index in [9.17, 15) is 58.2 Å². The maximum atomic E-state index is 14.2. The first-order chi connectivity index (χ1) is 30.5. The Balaban J connectivity index is 1.50. The van der Waals surface area contributed by atoms with E-state index >= 15 is 0 Å². The lowest BCUT2D eigenvalue weighted by molar-refractivity contribution is -0.141. The molecule has 3 aromatic rings. The molecule has 2 heterocycles. The number of fused-ring (bicyclic) bond motifs is 1. The Hall–Kier alpha value is -6.42. The topological polar surface area (TPSA) is 302 Å². The van der Waals surface area contributed by atoms with Gasteiger partial charge in [-0.25, -0.2) is 4.79 Å². The molecule has 0 saturated carbocycles. The highest BCUT2D eigenvalue weighted by atomic mass is 32.1. The van der Waals surface area contributed by atoms with Gasteiger partial charge in [-0.05, 0) is 43.4 Å². The molecule has 1 aliphatic rings. The zero-order valence-corrected chi connectivity index (χ0v) is 36.6.